The lowest BCUT2D eigenvalue weighted by molar-refractivity contribution is 0.251. The van der Waals surface area contributed by atoms with Gasteiger partial charge in [-0.2, -0.15) is 11.8 Å². The molecule has 0 fully saturated rings. The highest BCUT2D eigenvalue weighted by molar-refractivity contribution is 7.98. The monoisotopic (exact) mass is 337 g/mol. The van der Waals surface area contributed by atoms with Crippen molar-refractivity contribution < 1.29 is 4.79 Å². The van der Waals surface area contributed by atoms with Crippen molar-refractivity contribution in [1.29, 1.82) is 0 Å². The van der Waals surface area contributed by atoms with Crippen LogP contribution in [0.25, 0.3) is 0 Å². The summed E-state index contributed by atoms with van der Waals surface area (Å²) in [4.78, 5) is 12.3. The van der Waals surface area contributed by atoms with E-state index in [1.54, 1.807) is 11.8 Å². The van der Waals surface area contributed by atoms with Crippen LogP contribution in [0.1, 0.15) is 57.1 Å². The molecule has 0 heterocycles. The summed E-state index contributed by atoms with van der Waals surface area (Å²) in [5.41, 5.74) is 9.27. The second kappa shape index (κ2) is 9.83. The molecule has 4 N–H and O–H groups in total. The Balaban J connectivity index is 2.77. The number of anilines is 1. The van der Waals surface area contributed by atoms with Crippen molar-refractivity contribution in [3.05, 3.63) is 29.3 Å². The van der Waals surface area contributed by atoms with E-state index in [2.05, 4.69) is 62.8 Å². The summed E-state index contributed by atoms with van der Waals surface area (Å²) in [5.74, 6) is 1.72. The van der Waals surface area contributed by atoms with Gasteiger partial charge in [-0.1, -0.05) is 45.9 Å². The smallest absolute Gasteiger partial charge is 0.319 e. The molecular weight excluding hydrogens is 306 g/mol. The van der Waals surface area contributed by atoms with E-state index in [9.17, 15) is 4.79 Å². The molecule has 0 spiro atoms. The second-order valence-electron chi connectivity index (χ2n) is 6.50. The zero-order valence-corrected chi connectivity index (χ0v) is 15.8. The van der Waals surface area contributed by atoms with E-state index in [1.807, 2.05) is 0 Å². The van der Waals surface area contributed by atoms with Crippen molar-refractivity contribution in [2.24, 2.45) is 5.73 Å². The molecule has 4 nitrogen and oxygen atoms in total. The van der Waals surface area contributed by atoms with Gasteiger partial charge in [-0.15, -0.1) is 0 Å². The molecule has 5 heteroatoms. The number of para-hydroxylation sites is 1. The molecular formula is C18H31N3OS. The van der Waals surface area contributed by atoms with E-state index in [0.717, 1.165) is 29.0 Å². The maximum absolute atomic E-state index is 12.3. The van der Waals surface area contributed by atoms with Gasteiger partial charge in [-0.25, -0.2) is 4.79 Å². The number of rotatable bonds is 8. The van der Waals surface area contributed by atoms with Crippen LogP contribution < -0.4 is 16.4 Å². The first-order chi connectivity index (χ1) is 10.9. The van der Waals surface area contributed by atoms with Crippen molar-refractivity contribution in [2.75, 3.05) is 23.9 Å². The molecule has 1 aromatic rings. The average Bonchev–Trinajstić information content (AvgIpc) is 2.50. The number of amides is 2. The summed E-state index contributed by atoms with van der Waals surface area (Å²) >= 11 is 1.77. The number of urea groups is 1. The minimum absolute atomic E-state index is 0.00175. The van der Waals surface area contributed by atoms with E-state index in [1.165, 1.54) is 0 Å². The van der Waals surface area contributed by atoms with Crippen LogP contribution >= 0.6 is 11.8 Å². The van der Waals surface area contributed by atoms with Gasteiger partial charge in [0.1, 0.15) is 0 Å². The van der Waals surface area contributed by atoms with Crippen molar-refractivity contribution in [3.63, 3.8) is 0 Å². The number of nitrogens with one attached hydrogen (secondary N) is 2. The van der Waals surface area contributed by atoms with Crippen LogP contribution in [0.15, 0.2) is 18.2 Å². The molecule has 130 valence electrons. The van der Waals surface area contributed by atoms with E-state index in [-0.39, 0.29) is 12.1 Å². The van der Waals surface area contributed by atoms with Gasteiger partial charge in [0.25, 0.3) is 0 Å². The van der Waals surface area contributed by atoms with Gasteiger partial charge >= 0.3 is 6.03 Å². The average molecular weight is 338 g/mol. The fourth-order valence-electron chi connectivity index (χ4n) is 2.45. The third-order valence-corrected chi connectivity index (χ3v) is 4.47. The molecule has 0 aliphatic rings. The number of benzene rings is 1. The second-order valence-corrected chi connectivity index (χ2v) is 7.48. The first kappa shape index (κ1) is 19.8. The van der Waals surface area contributed by atoms with Gasteiger partial charge in [-0.05, 0) is 41.4 Å². The predicted molar refractivity (Wildman–Crippen MR) is 103 cm³/mol. The van der Waals surface area contributed by atoms with Gasteiger partial charge in [0.2, 0.25) is 0 Å². The number of hydrogen-bond acceptors (Lipinski definition) is 3. The third kappa shape index (κ3) is 6.43. The predicted octanol–water partition coefficient (Wildman–Crippen LogP) is 4.14. The molecule has 0 aliphatic carbocycles. The minimum Gasteiger partial charge on any atom is -0.336 e. The molecule has 0 aromatic heterocycles. The summed E-state index contributed by atoms with van der Waals surface area (Å²) in [7, 11) is 0. The summed E-state index contributed by atoms with van der Waals surface area (Å²) in [5, 5.41) is 5.93. The van der Waals surface area contributed by atoms with Crippen LogP contribution in [0.3, 0.4) is 0 Å². The maximum Gasteiger partial charge on any atom is 0.319 e. The Morgan fingerprint density at radius 2 is 1.74 bits per heavy atom. The van der Waals surface area contributed by atoms with Gasteiger partial charge in [0, 0.05) is 18.3 Å². The molecule has 0 unspecified atom stereocenters. The zero-order valence-electron chi connectivity index (χ0n) is 15.0. The molecule has 0 aliphatic heterocycles. The molecule has 1 atom stereocenters. The summed E-state index contributed by atoms with van der Waals surface area (Å²) in [6.45, 7) is 9.05. The molecule has 0 bridgehead atoms. The zero-order chi connectivity index (χ0) is 17.4. The first-order valence-electron chi connectivity index (χ1n) is 8.29. The van der Waals surface area contributed by atoms with Crippen LogP contribution in [0.5, 0.6) is 0 Å². The fourth-order valence-corrected chi connectivity index (χ4v) is 2.99. The Kier molecular flexibility index (Phi) is 8.48. The fraction of sp³-hybridized carbons (Fsp3) is 0.611. The van der Waals surface area contributed by atoms with Crippen LogP contribution in [0, 0.1) is 0 Å². The highest BCUT2D eigenvalue weighted by atomic mass is 32.2. The van der Waals surface area contributed by atoms with Crippen molar-refractivity contribution in [3.8, 4) is 0 Å². The number of carbonyl (C=O) groups is 1. The highest BCUT2D eigenvalue weighted by Gasteiger charge is 2.16. The normalized spacial score (nSPS) is 12.5. The van der Waals surface area contributed by atoms with E-state index >= 15 is 0 Å². The lowest BCUT2D eigenvalue weighted by atomic mass is 9.93. The molecule has 0 saturated carbocycles. The van der Waals surface area contributed by atoms with Gasteiger partial charge in [-0.3, -0.25) is 0 Å². The summed E-state index contributed by atoms with van der Waals surface area (Å²) in [6, 6.07) is 6.04. The first-order valence-corrected chi connectivity index (χ1v) is 9.68. The van der Waals surface area contributed by atoms with Crippen LogP contribution in [0.4, 0.5) is 10.5 Å². The summed E-state index contributed by atoms with van der Waals surface area (Å²) < 4.78 is 0. The van der Waals surface area contributed by atoms with Gasteiger partial charge in [0.15, 0.2) is 0 Å². The van der Waals surface area contributed by atoms with E-state index in [4.69, 9.17) is 5.73 Å². The Bertz CT molecular complexity index is 477. The van der Waals surface area contributed by atoms with Crippen LogP contribution in [0.2, 0.25) is 0 Å². The maximum atomic E-state index is 12.3. The molecule has 2 amide bonds. The van der Waals surface area contributed by atoms with Crippen LogP contribution in [-0.2, 0) is 0 Å². The lowest BCUT2D eigenvalue weighted by Crippen LogP contribution is -2.39. The van der Waals surface area contributed by atoms with Crippen molar-refractivity contribution in [1.82, 2.24) is 5.32 Å². The Morgan fingerprint density at radius 1 is 1.17 bits per heavy atom. The quantitative estimate of drug-likeness (QED) is 0.668. The van der Waals surface area contributed by atoms with Crippen molar-refractivity contribution in [2.45, 2.75) is 52.0 Å². The van der Waals surface area contributed by atoms with Gasteiger partial charge in [0.05, 0.1) is 0 Å². The Labute approximate surface area is 145 Å². The SMILES string of the molecule is CSCC[C@H](N)CNC(=O)Nc1c(C(C)C)cccc1C(C)C. The largest absolute Gasteiger partial charge is 0.336 e. The van der Waals surface area contributed by atoms with E-state index in [0.29, 0.717) is 18.4 Å². The minimum atomic E-state index is -0.181. The lowest BCUT2D eigenvalue weighted by Gasteiger charge is -2.21. The molecule has 1 rings (SSSR count). The van der Waals surface area contributed by atoms with E-state index < -0.39 is 0 Å². The number of thioether (sulfide) groups is 1. The molecule has 0 radical (unpaired) electrons. The molecule has 23 heavy (non-hydrogen) atoms. The molecule has 1 aromatic carbocycles. The van der Waals surface area contributed by atoms with Crippen molar-refractivity contribution >= 4 is 23.5 Å². The third-order valence-electron chi connectivity index (χ3n) is 3.83. The standard InChI is InChI=1S/C18H31N3OS/c1-12(2)15-7-6-8-16(13(3)4)17(15)21-18(22)20-11-14(19)9-10-23-5/h6-8,12-14H,9-11,19H2,1-5H3,(H2,20,21,22)/t14-/m0/s1. The van der Waals surface area contributed by atoms with Crippen LogP contribution in [-0.4, -0.2) is 30.6 Å². The Hall–Kier alpha value is -1.20. The number of nitrogens with two attached hydrogens (primary N) is 1. The Morgan fingerprint density at radius 3 is 2.22 bits per heavy atom. The highest BCUT2D eigenvalue weighted by Crippen LogP contribution is 2.32. The molecule has 0 saturated heterocycles. The number of hydrogen-bond donors (Lipinski definition) is 3. The summed E-state index contributed by atoms with van der Waals surface area (Å²) in [6.07, 6.45) is 2.96. The van der Waals surface area contributed by atoms with Gasteiger partial charge < -0.3 is 16.4 Å². The number of carbonyl (C=O) groups excluding carboxylic acids is 1. The topological polar surface area (TPSA) is 67.1 Å².